The molecular weight excluding hydrogens is 237 g/mol. The number of methoxy groups -OCH3 is 1. The van der Waals surface area contributed by atoms with Crippen LogP contribution in [0.2, 0.25) is 0 Å². The molecule has 1 unspecified atom stereocenters. The second-order valence-electron chi connectivity index (χ2n) is 4.16. The molecule has 98 valence electrons. The van der Waals surface area contributed by atoms with Crippen molar-refractivity contribution in [3.8, 4) is 0 Å². The third kappa shape index (κ3) is 2.68. The Morgan fingerprint density at radius 1 is 1.56 bits per heavy atom. The van der Waals surface area contributed by atoms with Gasteiger partial charge < -0.3 is 14.4 Å². The molecule has 0 aliphatic carbocycles. The summed E-state index contributed by atoms with van der Waals surface area (Å²) in [6.07, 6.45) is 0. The van der Waals surface area contributed by atoms with Gasteiger partial charge in [-0.2, -0.15) is 0 Å². The van der Waals surface area contributed by atoms with Gasteiger partial charge in [0.05, 0.1) is 31.4 Å². The molecule has 2 rings (SSSR count). The molecule has 1 fully saturated rings. The molecule has 1 heterocycles. The number of carbonyl (C=O) groups excluding carboxylic acids is 1. The first-order valence-corrected chi connectivity index (χ1v) is 5.86. The summed E-state index contributed by atoms with van der Waals surface area (Å²) in [7, 11) is 1.57. The van der Waals surface area contributed by atoms with Crippen molar-refractivity contribution in [2.75, 3.05) is 33.5 Å². The van der Waals surface area contributed by atoms with Crippen molar-refractivity contribution in [3.63, 3.8) is 0 Å². The molecule has 1 aromatic carbocycles. The number of rotatable bonds is 3. The monoisotopic (exact) mass is 253 g/mol. The number of ether oxygens (including phenoxy) is 2. The molecule has 0 saturated carbocycles. The molecule has 0 bridgehead atoms. The Balaban J connectivity index is 2.18. The maximum Gasteiger partial charge on any atom is 0.257 e. The van der Waals surface area contributed by atoms with Crippen molar-refractivity contribution >= 4 is 5.91 Å². The summed E-state index contributed by atoms with van der Waals surface area (Å²) in [5.41, 5.74) is 0.0977. The SMILES string of the molecule is COCC1COCCN1C(=O)c1ccccc1F. The van der Waals surface area contributed by atoms with Gasteiger partial charge in [-0.1, -0.05) is 12.1 Å². The summed E-state index contributed by atoms with van der Waals surface area (Å²) in [4.78, 5) is 13.9. The first kappa shape index (κ1) is 13.0. The standard InChI is InChI=1S/C13H16FNO3/c1-17-8-10-9-18-7-6-15(10)13(16)11-4-2-3-5-12(11)14/h2-5,10H,6-9H2,1H3. The molecule has 1 amide bonds. The highest BCUT2D eigenvalue weighted by Gasteiger charge is 2.29. The second kappa shape index (κ2) is 5.93. The molecule has 0 spiro atoms. The molecule has 4 nitrogen and oxygen atoms in total. The highest BCUT2D eigenvalue weighted by atomic mass is 19.1. The predicted molar refractivity (Wildman–Crippen MR) is 63.9 cm³/mol. The number of hydrogen-bond acceptors (Lipinski definition) is 3. The Morgan fingerprint density at radius 3 is 3.06 bits per heavy atom. The van der Waals surface area contributed by atoms with E-state index < -0.39 is 5.82 Å². The van der Waals surface area contributed by atoms with Crippen LogP contribution in [0.3, 0.4) is 0 Å². The number of carbonyl (C=O) groups is 1. The van der Waals surface area contributed by atoms with E-state index in [1.807, 2.05) is 0 Å². The number of morpholine rings is 1. The zero-order chi connectivity index (χ0) is 13.0. The molecule has 1 atom stereocenters. The Kier molecular flexibility index (Phi) is 4.28. The van der Waals surface area contributed by atoms with Crippen molar-refractivity contribution in [3.05, 3.63) is 35.6 Å². The minimum Gasteiger partial charge on any atom is -0.382 e. The van der Waals surface area contributed by atoms with E-state index in [0.29, 0.717) is 26.4 Å². The van der Waals surface area contributed by atoms with E-state index in [0.717, 1.165) is 0 Å². The molecule has 0 radical (unpaired) electrons. The molecule has 18 heavy (non-hydrogen) atoms. The molecule has 1 saturated heterocycles. The molecule has 0 N–H and O–H groups in total. The number of amides is 1. The first-order valence-electron chi connectivity index (χ1n) is 5.86. The summed E-state index contributed by atoms with van der Waals surface area (Å²) in [6, 6.07) is 5.85. The average Bonchev–Trinajstić information content (AvgIpc) is 2.40. The Morgan fingerprint density at radius 2 is 2.33 bits per heavy atom. The third-order valence-electron chi connectivity index (χ3n) is 2.95. The van der Waals surface area contributed by atoms with Crippen LogP contribution in [0.5, 0.6) is 0 Å². The van der Waals surface area contributed by atoms with E-state index in [1.54, 1.807) is 24.1 Å². The van der Waals surface area contributed by atoms with Gasteiger partial charge in [0.2, 0.25) is 0 Å². The summed E-state index contributed by atoms with van der Waals surface area (Å²) >= 11 is 0. The zero-order valence-electron chi connectivity index (χ0n) is 10.3. The van der Waals surface area contributed by atoms with E-state index >= 15 is 0 Å². The minimum absolute atomic E-state index is 0.0977. The summed E-state index contributed by atoms with van der Waals surface area (Å²) in [5.74, 6) is -0.802. The van der Waals surface area contributed by atoms with Gasteiger partial charge in [-0.3, -0.25) is 4.79 Å². The van der Waals surface area contributed by atoms with E-state index in [2.05, 4.69) is 0 Å². The van der Waals surface area contributed by atoms with Gasteiger partial charge in [0, 0.05) is 13.7 Å². The topological polar surface area (TPSA) is 38.8 Å². The Hall–Kier alpha value is -1.46. The highest BCUT2D eigenvalue weighted by molar-refractivity contribution is 5.94. The average molecular weight is 253 g/mol. The Labute approximate surface area is 105 Å². The van der Waals surface area contributed by atoms with E-state index in [1.165, 1.54) is 12.1 Å². The van der Waals surface area contributed by atoms with Crippen molar-refractivity contribution in [2.24, 2.45) is 0 Å². The normalized spacial score (nSPS) is 19.9. The number of nitrogens with zero attached hydrogens (tertiary/aromatic N) is 1. The van der Waals surface area contributed by atoms with Crippen LogP contribution in [-0.4, -0.2) is 50.3 Å². The lowest BCUT2D eigenvalue weighted by Crippen LogP contribution is -2.50. The van der Waals surface area contributed by atoms with Crippen molar-refractivity contribution in [1.29, 1.82) is 0 Å². The van der Waals surface area contributed by atoms with Crippen LogP contribution in [0.4, 0.5) is 4.39 Å². The van der Waals surface area contributed by atoms with Gasteiger partial charge in [-0.05, 0) is 12.1 Å². The molecule has 1 aliphatic heterocycles. The number of halogens is 1. The van der Waals surface area contributed by atoms with Crippen molar-refractivity contribution < 1.29 is 18.7 Å². The Bertz CT molecular complexity index is 422. The smallest absolute Gasteiger partial charge is 0.257 e. The lowest BCUT2D eigenvalue weighted by atomic mass is 10.1. The van der Waals surface area contributed by atoms with Crippen molar-refractivity contribution in [1.82, 2.24) is 4.90 Å². The van der Waals surface area contributed by atoms with Gasteiger partial charge in [0.25, 0.3) is 5.91 Å². The lowest BCUT2D eigenvalue weighted by Gasteiger charge is -2.35. The van der Waals surface area contributed by atoms with Gasteiger partial charge in [0.1, 0.15) is 5.82 Å². The van der Waals surface area contributed by atoms with Crippen LogP contribution in [0, 0.1) is 5.82 Å². The number of benzene rings is 1. The van der Waals surface area contributed by atoms with Crippen LogP contribution >= 0.6 is 0 Å². The van der Waals surface area contributed by atoms with Gasteiger partial charge >= 0.3 is 0 Å². The fourth-order valence-corrected chi connectivity index (χ4v) is 2.04. The fraction of sp³-hybridized carbons (Fsp3) is 0.462. The largest absolute Gasteiger partial charge is 0.382 e. The predicted octanol–water partition coefficient (Wildman–Crippen LogP) is 1.31. The molecule has 5 heteroatoms. The van der Waals surface area contributed by atoms with Crippen LogP contribution in [0.15, 0.2) is 24.3 Å². The summed E-state index contributed by atoms with van der Waals surface area (Å²) in [6.45, 7) is 1.75. The highest BCUT2D eigenvalue weighted by Crippen LogP contribution is 2.15. The summed E-state index contributed by atoms with van der Waals surface area (Å²) < 4.78 is 24.0. The van der Waals surface area contributed by atoms with Gasteiger partial charge in [-0.15, -0.1) is 0 Å². The molecule has 1 aromatic rings. The van der Waals surface area contributed by atoms with Gasteiger partial charge in [0.15, 0.2) is 0 Å². The third-order valence-corrected chi connectivity index (χ3v) is 2.95. The van der Waals surface area contributed by atoms with Crippen LogP contribution in [0.1, 0.15) is 10.4 Å². The minimum atomic E-state index is -0.495. The maximum absolute atomic E-state index is 13.6. The first-order chi connectivity index (χ1) is 8.74. The zero-order valence-corrected chi connectivity index (χ0v) is 10.3. The lowest BCUT2D eigenvalue weighted by molar-refractivity contribution is -0.0253. The van der Waals surface area contributed by atoms with Crippen LogP contribution < -0.4 is 0 Å². The van der Waals surface area contributed by atoms with Crippen LogP contribution in [0.25, 0.3) is 0 Å². The van der Waals surface area contributed by atoms with E-state index in [4.69, 9.17) is 9.47 Å². The summed E-state index contributed by atoms with van der Waals surface area (Å²) in [5, 5.41) is 0. The molecule has 1 aliphatic rings. The molecule has 0 aromatic heterocycles. The van der Waals surface area contributed by atoms with Gasteiger partial charge in [-0.25, -0.2) is 4.39 Å². The van der Waals surface area contributed by atoms with Crippen LogP contribution in [-0.2, 0) is 9.47 Å². The van der Waals surface area contributed by atoms with E-state index in [9.17, 15) is 9.18 Å². The fourth-order valence-electron chi connectivity index (χ4n) is 2.04. The molecular formula is C13H16FNO3. The number of hydrogen-bond donors (Lipinski definition) is 0. The maximum atomic E-state index is 13.6. The van der Waals surface area contributed by atoms with Crippen molar-refractivity contribution in [2.45, 2.75) is 6.04 Å². The second-order valence-corrected chi connectivity index (χ2v) is 4.16. The quantitative estimate of drug-likeness (QED) is 0.815. The van der Waals surface area contributed by atoms with E-state index in [-0.39, 0.29) is 17.5 Å².